The van der Waals surface area contributed by atoms with E-state index in [1.165, 1.54) is 44.8 Å². The number of anilines is 1. The quantitative estimate of drug-likeness (QED) is 0.523. The minimum atomic E-state index is -0.982. The van der Waals surface area contributed by atoms with Crippen LogP contribution in [0.1, 0.15) is 51.0 Å². The molecule has 2 aliphatic rings. The van der Waals surface area contributed by atoms with Crippen molar-refractivity contribution in [3.8, 4) is 0 Å². The van der Waals surface area contributed by atoms with E-state index in [0.717, 1.165) is 31.5 Å². The van der Waals surface area contributed by atoms with Gasteiger partial charge in [-0.15, -0.1) is 0 Å². The molecule has 0 aromatic carbocycles. The number of nitrogens with zero attached hydrogens (tertiary/aromatic N) is 2. The van der Waals surface area contributed by atoms with E-state index in [2.05, 4.69) is 19.9 Å². The topological polar surface area (TPSA) is 54.5 Å². The fraction of sp³-hybridized carbons (Fsp3) is 0.619. The van der Waals surface area contributed by atoms with Crippen molar-refractivity contribution in [3.63, 3.8) is 0 Å². The largest absolute Gasteiger partial charge is 0.461 e. The molecule has 1 aromatic rings. The molecule has 0 bridgehead atoms. The Morgan fingerprint density at radius 2 is 2.18 bits per heavy atom. The van der Waals surface area contributed by atoms with Crippen molar-refractivity contribution in [2.24, 2.45) is 5.92 Å². The highest BCUT2D eigenvalue weighted by molar-refractivity contribution is 6.33. The number of halogens is 2. The summed E-state index contributed by atoms with van der Waals surface area (Å²) in [6.45, 7) is 5.03. The van der Waals surface area contributed by atoms with E-state index >= 15 is 0 Å². The van der Waals surface area contributed by atoms with Crippen molar-refractivity contribution in [3.05, 3.63) is 28.7 Å². The summed E-state index contributed by atoms with van der Waals surface area (Å²) in [6, 6.07) is 1.91. The standard InChI is InChI=1S/C21H29ClFN3O2/c1-2-28-21(27)19(23)11-16-10-18(22)20(24-12-16)25-17-8-9-26(14-17)13-15-6-4-3-5-7-15/h10-12,15,17H,2-9,13-14H2,1H3,(H,24,25)/t17-/m1/s1. The second-order valence-corrected chi connectivity index (χ2v) is 8.11. The van der Waals surface area contributed by atoms with Crippen LogP contribution in [0, 0.1) is 5.92 Å². The van der Waals surface area contributed by atoms with Crippen LogP contribution in [0.4, 0.5) is 10.2 Å². The average molecular weight is 410 g/mol. The van der Waals surface area contributed by atoms with Crippen LogP contribution in [0.15, 0.2) is 18.1 Å². The summed E-state index contributed by atoms with van der Waals surface area (Å²) in [5.74, 6) is -0.506. The second kappa shape index (κ2) is 10.2. The van der Waals surface area contributed by atoms with Crippen molar-refractivity contribution in [2.45, 2.75) is 51.5 Å². The van der Waals surface area contributed by atoms with E-state index in [-0.39, 0.29) is 6.61 Å². The molecule has 7 heteroatoms. The number of pyridine rings is 1. The van der Waals surface area contributed by atoms with E-state index in [4.69, 9.17) is 11.6 Å². The third kappa shape index (κ3) is 5.92. The van der Waals surface area contributed by atoms with Gasteiger partial charge in [-0.05, 0) is 49.8 Å². The molecular weight excluding hydrogens is 381 g/mol. The predicted molar refractivity (Wildman–Crippen MR) is 110 cm³/mol. The van der Waals surface area contributed by atoms with Gasteiger partial charge < -0.3 is 15.0 Å². The number of carbonyl (C=O) groups excluding carboxylic acids is 1. The normalized spacial score (nSPS) is 21.7. The summed E-state index contributed by atoms with van der Waals surface area (Å²) in [6.07, 6.45) is 10.5. The molecule has 28 heavy (non-hydrogen) atoms. The predicted octanol–water partition coefficient (Wildman–Crippen LogP) is 4.68. The first-order valence-corrected chi connectivity index (χ1v) is 10.6. The first-order valence-electron chi connectivity index (χ1n) is 10.2. The molecule has 154 valence electrons. The number of aromatic nitrogens is 1. The van der Waals surface area contributed by atoms with Gasteiger partial charge in [-0.25, -0.2) is 9.78 Å². The van der Waals surface area contributed by atoms with Crippen LogP contribution in [0.2, 0.25) is 5.02 Å². The first kappa shape index (κ1) is 21.1. The van der Waals surface area contributed by atoms with Crippen molar-refractivity contribution in [1.29, 1.82) is 0 Å². The maximum atomic E-state index is 13.8. The Hall–Kier alpha value is -1.66. The zero-order valence-corrected chi connectivity index (χ0v) is 17.2. The lowest BCUT2D eigenvalue weighted by molar-refractivity contribution is -0.140. The molecule has 1 atom stereocenters. The highest BCUT2D eigenvalue weighted by atomic mass is 35.5. The van der Waals surface area contributed by atoms with E-state index in [9.17, 15) is 9.18 Å². The molecule has 1 N–H and O–H groups in total. The van der Waals surface area contributed by atoms with E-state index in [1.807, 2.05) is 0 Å². The Morgan fingerprint density at radius 3 is 2.89 bits per heavy atom. The van der Waals surface area contributed by atoms with Crippen LogP contribution in [0.25, 0.3) is 6.08 Å². The SMILES string of the molecule is CCOC(=O)C(F)=Cc1cnc(N[C@@H]2CCN(CC3CCCCC3)C2)c(Cl)c1. The summed E-state index contributed by atoms with van der Waals surface area (Å²) in [4.78, 5) is 18.2. The molecule has 0 amide bonds. The van der Waals surface area contributed by atoms with E-state index < -0.39 is 11.8 Å². The van der Waals surface area contributed by atoms with Crippen molar-refractivity contribution >= 4 is 29.5 Å². The van der Waals surface area contributed by atoms with Gasteiger partial charge in [0.05, 0.1) is 11.6 Å². The summed E-state index contributed by atoms with van der Waals surface area (Å²) in [7, 11) is 0. The van der Waals surface area contributed by atoms with Gasteiger partial charge in [-0.2, -0.15) is 4.39 Å². The van der Waals surface area contributed by atoms with Crippen LogP contribution in [0.3, 0.4) is 0 Å². The molecule has 1 saturated carbocycles. The average Bonchev–Trinajstić information content (AvgIpc) is 3.12. The minimum Gasteiger partial charge on any atom is -0.461 e. The van der Waals surface area contributed by atoms with Crippen LogP contribution >= 0.6 is 11.6 Å². The fourth-order valence-electron chi connectivity index (χ4n) is 4.09. The molecule has 2 heterocycles. The highest BCUT2D eigenvalue weighted by Crippen LogP contribution is 2.27. The number of nitrogens with one attached hydrogen (secondary N) is 1. The number of esters is 1. The molecule has 5 nitrogen and oxygen atoms in total. The third-order valence-electron chi connectivity index (χ3n) is 5.48. The number of carbonyl (C=O) groups is 1. The molecule has 1 aliphatic carbocycles. The zero-order chi connectivity index (χ0) is 19.9. The molecule has 1 saturated heterocycles. The Labute approximate surface area is 171 Å². The number of ether oxygens (including phenoxy) is 1. The third-order valence-corrected chi connectivity index (χ3v) is 5.77. The molecule has 1 aromatic heterocycles. The number of hydrogen-bond donors (Lipinski definition) is 1. The van der Waals surface area contributed by atoms with Crippen molar-refractivity contribution in [1.82, 2.24) is 9.88 Å². The molecule has 0 unspecified atom stereocenters. The van der Waals surface area contributed by atoms with Crippen LogP contribution in [-0.4, -0.2) is 48.1 Å². The monoisotopic (exact) mass is 409 g/mol. The molecule has 2 fully saturated rings. The number of hydrogen-bond acceptors (Lipinski definition) is 5. The van der Waals surface area contributed by atoms with Gasteiger partial charge in [0.15, 0.2) is 0 Å². The first-order chi connectivity index (χ1) is 13.5. The van der Waals surface area contributed by atoms with E-state index in [0.29, 0.717) is 22.4 Å². The minimum absolute atomic E-state index is 0.126. The molecule has 0 radical (unpaired) electrons. The second-order valence-electron chi connectivity index (χ2n) is 7.71. The lowest BCUT2D eigenvalue weighted by atomic mass is 9.89. The summed E-state index contributed by atoms with van der Waals surface area (Å²) in [5, 5.41) is 3.82. The van der Waals surface area contributed by atoms with Gasteiger partial charge in [0.2, 0.25) is 5.83 Å². The molecule has 0 spiro atoms. The van der Waals surface area contributed by atoms with Crippen LogP contribution in [-0.2, 0) is 9.53 Å². The van der Waals surface area contributed by atoms with Crippen molar-refractivity contribution in [2.75, 3.05) is 31.6 Å². The van der Waals surface area contributed by atoms with Gasteiger partial charge in [-0.3, -0.25) is 0 Å². The van der Waals surface area contributed by atoms with Crippen LogP contribution in [0.5, 0.6) is 0 Å². The lowest BCUT2D eigenvalue weighted by Crippen LogP contribution is -2.31. The summed E-state index contributed by atoms with van der Waals surface area (Å²) >= 11 is 6.32. The fourth-order valence-corrected chi connectivity index (χ4v) is 4.32. The van der Waals surface area contributed by atoms with Gasteiger partial charge in [0.25, 0.3) is 0 Å². The van der Waals surface area contributed by atoms with Gasteiger partial charge in [0, 0.05) is 31.9 Å². The Bertz CT molecular complexity index is 707. The van der Waals surface area contributed by atoms with E-state index in [1.54, 1.807) is 13.0 Å². The lowest BCUT2D eigenvalue weighted by Gasteiger charge is -2.26. The Morgan fingerprint density at radius 1 is 1.39 bits per heavy atom. The Kier molecular flexibility index (Phi) is 7.68. The van der Waals surface area contributed by atoms with Gasteiger partial charge in [-0.1, -0.05) is 30.9 Å². The summed E-state index contributed by atoms with van der Waals surface area (Å²) in [5.41, 5.74) is 0.423. The smallest absolute Gasteiger partial charge is 0.367 e. The maximum absolute atomic E-state index is 13.8. The summed E-state index contributed by atoms with van der Waals surface area (Å²) < 4.78 is 18.4. The van der Waals surface area contributed by atoms with Crippen molar-refractivity contribution < 1.29 is 13.9 Å². The van der Waals surface area contributed by atoms with Gasteiger partial charge in [0.1, 0.15) is 5.82 Å². The maximum Gasteiger partial charge on any atom is 0.367 e. The molecule has 3 rings (SSSR count). The molecular formula is C21H29ClFN3O2. The van der Waals surface area contributed by atoms with Gasteiger partial charge >= 0.3 is 5.97 Å². The Balaban J connectivity index is 1.53. The number of rotatable bonds is 7. The number of likely N-dealkylation sites (tertiary alicyclic amines) is 1. The van der Waals surface area contributed by atoms with Crippen LogP contribution < -0.4 is 5.32 Å². The molecule has 1 aliphatic heterocycles. The zero-order valence-electron chi connectivity index (χ0n) is 16.4. The highest BCUT2D eigenvalue weighted by Gasteiger charge is 2.26.